The van der Waals surface area contributed by atoms with E-state index in [-0.39, 0.29) is 6.10 Å². The standard InChI is InChI=1S/C22H15ClINO3/c23-17-7-2-1-6-15(17)21-16-11-19-20(27-9-8-26-19)12-18(16)25-22(28-21)13-4-3-5-14(24)10-13/h1-7,10-12,21H,8-9H2/t21-/m1/s1. The van der Waals surface area contributed by atoms with E-state index < -0.39 is 0 Å². The van der Waals surface area contributed by atoms with Gasteiger partial charge in [0.05, 0.1) is 5.69 Å². The topological polar surface area (TPSA) is 40.0 Å². The van der Waals surface area contributed by atoms with E-state index in [2.05, 4.69) is 22.6 Å². The SMILES string of the molecule is Clc1ccccc1[C@H]1OC(c2cccc(I)c2)=Nc2cc3c(cc21)OCCO3. The molecule has 0 saturated carbocycles. The maximum absolute atomic E-state index is 6.51. The molecule has 0 aliphatic carbocycles. The lowest BCUT2D eigenvalue weighted by atomic mass is 9.97. The highest BCUT2D eigenvalue weighted by atomic mass is 127. The molecule has 28 heavy (non-hydrogen) atoms. The second kappa shape index (κ2) is 7.29. The Kier molecular flexibility index (Phi) is 4.64. The summed E-state index contributed by atoms with van der Waals surface area (Å²) in [5, 5.41) is 0.650. The smallest absolute Gasteiger partial charge is 0.222 e. The molecule has 140 valence electrons. The van der Waals surface area contributed by atoms with E-state index in [9.17, 15) is 0 Å². The molecule has 0 spiro atoms. The van der Waals surface area contributed by atoms with Crippen LogP contribution >= 0.6 is 34.2 Å². The Morgan fingerprint density at radius 2 is 1.68 bits per heavy atom. The van der Waals surface area contributed by atoms with Crippen molar-refractivity contribution in [2.24, 2.45) is 4.99 Å². The van der Waals surface area contributed by atoms with E-state index in [0.717, 1.165) is 25.9 Å². The van der Waals surface area contributed by atoms with Crippen LogP contribution in [0.1, 0.15) is 22.8 Å². The summed E-state index contributed by atoms with van der Waals surface area (Å²) in [5.74, 6) is 1.97. The van der Waals surface area contributed by atoms with Gasteiger partial charge in [0.15, 0.2) is 17.6 Å². The molecule has 0 N–H and O–H groups in total. The van der Waals surface area contributed by atoms with Crippen molar-refractivity contribution < 1.29 is 14.2 Å². The number of hydrogen-bond donors (Lipinski definition) is 0. The van der Waals surface area contributed by atoms with Crippen LogP contribution in [0.2, 0.25) is 5.02 Å². The monoisotopic (exact) mass is 503 g/mol. The minimum atomic E-state index is -0.384. The number of ether oxygens (including phenoxy) is 3. The molecular weight excluding hydrogens is 489 g/mol. The van der Waals surface area contributed by atoms with Crippen molar-refractivity contribution in [3.8, 4) is 11.5 Å². The number of aliphatic imine (C=N–C) groups is 1. The number of hydrogen-bond acceptors (Lipinski definition) is 4. The van der Waals surface area contributed by atoms with E-state index >= 15 is 0 Å². The second-order valence-corrected chi connectivity index (χ2v) is 8.15. The Bertz CT molecular complexity index is 1100. The third-order valence-electron chi connectivity index (χ3n) is 4.68. The summed E-state index contributed by atoms with van der Waals surface area (Å²) in [6.45, 7) is 1.06. The van der Waals surface area contributed by atoms with Crippen molar-refractivity contribution in [2.75, 3.05) is 13.2 Å². The summed E-state index contributed by atoms with van der Waals surface area (Å²) < 4.78 is 19.0. The van der Waals surface area contributed by atoms with Crippen molar-refractivity contribution in [1.82, 2.24) is 0 Å². The van der Waals surface area contributed by atoms with Gasteiger partial charge in [0, 0.05) is 31.3 Å². The Morgan fingerprint density at radius 1 is 0.893 bits per heavy atom. The van der Waals surface area contributed by atoms with Crippen LogP contribution in [0, 0.1) is 3.57 Å². The minimum absolute atomic E-state index is 0.384. The van der Waals surface area contributed by atoms with Gasteiger partial charge < -0.3 is 14.2 Å². The normalized spacial score (nSPS) is 17.4. The minimum Gasteiger partial charge on any atom is -0.486 e. The average molecular weight is 504 g/mol. The van der Waals surface area contributed by atoms with Crippen LogP contribution in [0.15, 0.2) is 65.7 Å². The first-order valence-corrected chi connectivity index (χ1v) is 10.3. The number of halogens is 2. The predicted octanol–water partition coefficient (Wildman–Crippen LogP) is 5.91. The fourth-order valence-electron chi connectivity index (χ4n) is 3.38. The summed E-state index contributed by atoms with van der Waals surface area (Å²) in [4.78, 5) is 4.78. The van der Waals surface area contributed by atoms with Gasteiger partial charge in [0.1, 0.15) is 13.2 Å². The Morgan fingerprint density at radius 3 is 2.46 bits per heavy atom. The molecule has 1 atom stereocenters. The molecule has 5 rings (SSSR count). The highest BCUT2D eigenvalue weighted by Gasteiger charge is 2.30. The number of nitrogens with zero attached hydrogens (tertiary/aromatic N) is 1. The molecule has 4 nitrogen and oxygen atoms in total. The highest BCUT2D eigenvalue weighted by molar-refractivity contribution is 14.1. The van der Waals surface area contributed by atoms with Crippen molar-refractivity contribution in [3.05, 3.63) is 85.9 Å². The summed E-state index contributed by atoms with van der Waals surface area (Å²) in [7, 11) is 0. The van der Waals surface area contributed by atoms with Crippen LogP contribution in [0.25, 0.3) is 0 Å². The van der Waals surface area contributed by atoms with Gasteiger partial charge in [-0.3, -0.25) is 0 Å². The molecule has 0 unspecified atom stereocenters. The number of rotatable bonds is 2. The van der Waals surface area contributed by atoms with Gasteiger partial charge in [0.25, 0.3) is 0 Å². The lowest BCUT2D eigenvalue weighted by Gasteiger charge is -2.29. The van der Waals surface area contributed by atoms with Crippen LogP contribution < -0.4 is 9.47 Å². The summed E-state index contributed by atoms with van der Waals surface area (Å²) in [6, 6.07) is 19.7. The largest absolute Gasteiger partial charge is 0.486 e. The summed E-state index contributed by atoms with van der Waals surface area (Å²) in [6.07, 6.45) is -0.384. The van der Waals surface area contributed by atoms with Crippen molar-refractivity contribution in [3.63, 3.8) is 0 Å². The fraction of sp³-hybridized carbons (Fsp3) is 0.136. The molecule has 0 radical (unpaired) electrons. The molecule has 0 bridgehead atoms. The lowest BCUT2D eigenvalue weighted by Crippen LogP contribution is -2.20. The van der Waals surface area contributed by atoms with Crippen molar-refractivity contribution >= 4 is 45.8 Å². The van der Waals surface area contributed by atoms with Gasteiger partial charge in [-0.1, -0.05) is 35.9 Å². The van der Waals surface area contributed by atoms with Crippen LogP contribution in [-0.4, -0.2) is 19.1 Å². The van der Waals surface area contributed by atoms with Gasteiger partial charge in [-0.25, -0.2) is 4.99 Å². The van der Waals surface area contributed by atoms with E-state index in [1.54, 1.807) is 0 Å². The van der Waals surface area contributed by atoms with E-state index in [1.807, 2.05) is 60.7 Å². The predicted molar refractivity (Wildman–Crippen MR) is 117 cm³/mol. The number of benzene rings is 3. The maximum Gasteiger partial charge on any atom is 0.222 e. The summed E-state index contributed by atoms with van der Waals surface area (Å²) in [5.41, 5.74) is 3.52. The first-order chi connectivity index (χ1) is 13.7. The van der Waals surface area contributed by atoms with E-state index in [1.165, 1.54) is 0 Å². The fourth-order valence-corrected chi connectivity index (χ4v) is 4.16. The van der Waals surface area contributed by atoms with Gasteiger partial charge in [-0.2, -0.15) is 0 Å². The molecule has 0 fully saturated rings. The highest BCUT2D eigenvalue weighted by Crippen LogP contribution is 2.46. The van der Waals surface area contributed by atoms with Gasteiger partial charge in [-0.15, -0.1) is 0 Å². The van der Waals surface area contributed by atoms with Gasteiger partial charge in [-0.05, 0) is 52.9 Å². The van der Waals surface area contributed by atoms with Crippen LogP contribution in [0.3, 0.4) is 0 Å². The molecule has 2 aliphatic rings. The molecule has 2 heterocycles. The van der Waals surface area contributed by atoms with E-state index in [0.29, 0.717) is 35.6 Å². The maximum atomic E-state index is 6.51. The quantitative estimate of drug-likeness (QED) is 0.408. The molecule has 3 aromatic rings. The molecule has 0 saturated heterocycles. The lowest BCUT2D eigenvalue weighted by molar-refractivity contribution is 0.170. The summed E-state index contributed by atoms with van der Waals surface area (Å²) >= 11 is 8.79. The molecule has 0 aromatic heterocycles. The van der Waals surface area contributed by atoms with Crippen LogP contribution in [0.5, 0.6) is 11.5 Å². The zero-order valence-electron chi connectivity index (χ0n) is 14.7. The third kappa shape index (κ3) is 3.22. The van der Waals surface area contributed by atoms with Crippen LogP contribution in [-0.2, 0) is 4.74 Å². The first kappa shape index (κ1) is 17.8. The Balaban J connectivity index is 1.69. The Labute approximate surface area is 181 Å². The van der Waals surface area contributed by atoms with Gasteiger partial charge in [0.2, 0.25) is 5.90 Å². The average Bonchev–Trinajstić information content (AvgIpc) is 2.72. The molecular formula is C22H15ClINO3. The van der Waals surface area contributed by atoms with E-state index in [4.69, 9.17) is 30.8 Å². The third-order valence-corrected chi connectivity index (χ3v) is 5.70. The second-order valence-electron chi connectivity index (χ2n) is 6.50. The number of fused-ring (bicyclic) bond motifs is 2. The Hall–Kier alpha value is -2.25. The molecule has 3 aromatic carbocycles. The van der Waals surface area contributed by atoms with Gasteiger partial charge >= 0.3 is 0 Å². The molecule has 6 heteroatoms. The molecule has 2 aliphatic heterocycles. The van der Waals surface area contributed by atoms with Crippen molar-refractivity contribution in [1.29, 1.82) is 0 Å². The zero-order valence-corrected chi connectivity index (χ0v) is 17.6. The van der Waals surface area contributed by atoms with Crippen LogP contribution in [0.4, 0.5) is 5.69 Å². The zero-order chi connectivity index (χ0) is 19.1. The first-order valence-electron chi connectivity index (χ1n) is 8.88. The molecule has 0 amide bonds. The van der Waals surface area contributed by atoms with Crippen molar-refractivity contribution in [2.45, 2.75) is 6.10 Å².